The monoisotopic (exact) mass is 232 g/mol. The second-order valence-corrected chi connectivity index (χ2v) is 4.84. The number of hydrogen-bond donors (Lipinski definition) is 3. The number of aromatic nitrogens is 4. The molecule has 0 aromatic carbocycles. The number of nitrogens with one attached hydrogen (secondary N) is 2. The molecule has 4 N–H and O–H groups in total. The van der Waals surface area contributed by atoms with Crippen molar-refractivity contribution in [2.75, 3.05) is 11.9 Å². The summed E-state index contributed by atoms with van der Waals surface area (Å²) in [5.74, 6) is 1.42. The van der Waals surface area contributed by atoms with E-state index in [2.05, 4.69) is 32.2 Å². The molecule has 2 aromatic rings. The van der Waals surface area contributed by atoms with Crippen molar-refractivity contribution in [3.05, 3.63) is 12.7 Å². The highest BCUT2D eigenvalue weighted by atomic mass is 15.1. The molecule has 0 spiro atoms. The zero-order valence-corrected chi connectivity index (χ0v) is 9.77. The van der Waals surface area contributed by atoms with Crippen LogP contribution in [0.1, 0.15) is 19.8 Å². The molecule has 0 aliphatic heterocycles. The maximum atomic E-state index is 5.88. The van der Waals surface area contributed by atoms with Crippen molar-refractivity contribution < 1.29 is 0 Å². The van der Waals surface area contributed by atoms with Crippen LogP contribution in [0, 0.1) is 5.92 Å². The van der Waals surface area contributed by atoms with Crippen molar-refractivity contribution in [1.82, 2.24) is 19.9 Å². The molecule has 0 amide bonds. The Morgan fingerprint density at radius 2 is 2.29 bits per heavy atom. The van der Waals surface area contributed by atoms with E-state index in [4.69, 9.17) is 5.73 Å². The van der Waals surface area contributed by atoms with Crippen LogP contribution in [0.4, 0.5) is 5.82 Å². The van der Waals surface area contributed by atoms with E-state index in [0.29, 0.717) is 18.1 Å². The molecule has 1 atom stereocenters. The van der Waals surface area contributed by atoms with Gasteiger partial charge in [0.05, 0.1) is 11.9 Å². The zero-order valence-electron chi connectivity index (χ0n) is 9.77. The van der Waals surface area contributed by atoms with Gasteiger partial charge in [0.15, 0.2) is 11.5 Å². The molecule has 1 aliphatic rings. The number of fused-ring (bicyclic) bond motifs is 1. The fourth-order valence-electron chi connectivity index (χ4n) is 2.17. The van der Waals surface area contributed by atoms with Crippen molar-refractivity contribution in [1.29, 1.82) is 0 Å². The van der Waals surface area contributed by atoms with Crippen molar-refractivity contribution in [2.45, 2.75) is 25.3 Å². The highest BCUT2D eigenvalue weighted by Gasteiger charge is 2.41. The van der Waals surface area contributed by atoms with Gasteiger partial charge in [-0.05, 0) is 25.7 Å². The van der Waals surface area contributed by atoms with Crippen LogP contribution >= 0.6 is 0 Å². The first-order chi connectivity index (χ1) is 8.23. The quantitative estimate of drug-likeness (QED) is 0.728. The summed E-state index contributed by atoms with van der Waals surface area (Å²) in [6, 6.07) is 0. The summed E-state index contributed by atoms with van der Waals surface area (Å²) in [5, 5.41) is 3.45. The molecule has 1 saturated carbocycles. The fourth-order valence-corrected chi connectivity index (χ4v) is 2.17. The predicted octanol–water partition coefficient (Wildman–Crippen LogP) is 0.892. The second kappa shape index (κ2) is 3.66. The summed E-state index contributed by atoms with van der Waals surface area (Å²) in [7, 11) is 0. The molecule has 6 nitrogen and oxygen atoms in total. The first kappa shape index (κ1) is 10.5. The molecule has 1 aliphatic carbocycles. The molecule has 2 heterocycles. The lowest BCUT2D eigenvalue weighted by molar-refractivity contribution is 0.458. The van der Waals surface area contributed by atoms with E-state index in [1.54, 1.807) is 6.33 Å². The van der Waals surface area contributed by atoms with Gasteiger partial charge in [0.1, 0.15) is 11.8 Å². The molecule has 6 heteroatoms. The summed E-state index contributed by atoms with van der Waals surface area (Å²) in [5.41, 5.74) is 7.31. The molecule has 3 rings (SSSR count). The van der Waals surface area contributed by atoms with E-state index in [1.165, 1.54) is 19.2 Å². The molecular formula is C11H16N6. The molecule has 2 aromatic heterocycles. The van der Waals surface area contributed by atoms with Crippen molar-refractivity contribution in [3.63, 3.8) is 0 Å². The van der Waals surface area contributed by atoms with Crippen LogP contribution in [-0.2, 0) is 0 Å². The van der Waals surface area contributed by atoms with E-state index >= 15 is 0 Å². The lowest BCUT2D eigenvalue weighted by Crippen LogP contribution is -2.45. The minimum absolute atomic E-state index is 0.0909. The highest BCUT2D eigenvalue weighted by Crippen LogP contribution is 2.41. The van der Waals surface area contributed by atoms with Gasteiger partial charge >= 0.3 is 0 Å². The molecule has 90 valence electrons. The lowest BCUT2D eigenvalue weighted by atomic mass is 9.96. The Bertz CT molecular complexity index is 531. The van der Waals surface area contributed by atoms with Gasteiger partial charge in [0.25, 0.3) is 0 Å². The highest BCUT2D eigenvalue weighted by molar-refractivity contribution is 5.82. The predicted molar refractivity (Wildman–Crippen MR) is 65.5 cm³/mol. The summed E-state index contributed by atoms with van der Waals surface area (Å²) in [6.45, 7) is 2.74. The fraction of sp³-hybridized carbons (Fsp3) is 0.545. The van der Waals surface area contributed by atoms with E-state index in [-0.39, 0.29) is 5.54 Å². The van der Waals surface area contributed by atoms with Crippen LogP contribution in [0.25, 0.3) is 11.2 Å². The average molecular weight is 232 g/mol. The first-order valence-corrected chi connectivity index (χ1v) is 5.85. The number of anilines is 1. The van der Waals surface area contributed by atoms with Gasteiger partial charge in [0.2, 0.25) is 0 Å². The van der Waals surface area contributed by atoms with Crippen LogP contribution in [0.15, 0.2) is 12.7 Å². The third-order valence-electron chi connectivity index (χ3n) is 3.53. The Kier molecular flexibility index (Phi) is 2.25. The van der Waals surface area contributed by atoms with Gasteiger partial charge in [-0.1, -0.05) is 0 Å². The summed E-state index contributed by atoms with van der Waals surface area (Å²) < 4.78 is 0. The van der Waals surface area contributed by atoms with E-state index in [9.17, 15) is 0 Å². The number of nitrogens with two attached hydrogens (primary N) is 1. The average Bonchev–Trinajstić information content (AvgIpc) is 3.09. The molecule has 1 unspecified atom stereocenters. The molecule has 0 saturated heterocycles. The van der Waals surface area contributed by atoms with Gasteiger partial charge in [-0.15, -0.1) is 0 Å². The zero-order chi connectivity index (χ0) is 11.9. The standard InChI is InChI=1S/C11H16N6/c1-11(4-12,7-2-3-7)17-10-8-9(14-5-13-8)15-6-16-10/h5-7H,2-4,12H2,1H3,(H2,13,14,15,16,17). The second-order valence-electron chi connectivity index (χ2n) is 4.84. The third kappa shape index (κ3) is 1.74. The minimum Gasteiger partial charge on any atom is -0.361 e. The van der Waals surface area contributed by atoms with Crippen molar-refractivity contribution in [3.8, 4) is 0 Å². The van der Waals surface area contributed by atoms with Crippen LogP contribution in [0.3, 0.4) is 0 Å². The topological polar surface area (TPSA) is 92.5 Å². The van der Waals surface area contributed by atoms with Crippen LogP contribution < -0.4 is 11.1 Å². The number of H-pyrrole nitrogens is 1. The van der Waals surface area contributed by atoms with E-state index < -0.39 is 0 Å². The lowest BCUT2D eigenvalue weighted by Gasteiger charge is -2.30. The molecule has 0 radical (unpaired) electrons. The number of rotatable bonds is 4. The van der Waals surface area contributed by atoms with Gasteiger partial charge < -0.3 is 16.0 Å². The molecule has 1 fully saturated rings. The number of hydrogen-bond acceptors (Lipinski definition) is 5. The molecule has 17 heavy (non-hydrogen) atoms. The Morgan fingerprint density at radius 1 is 1.47 bits per heavy atom. The van der Waals surface area contributed by atoms with Gasteiger partial charge in [-0.3, -0.25) is 0 Å². The maximum Gasteiger partial charge on any atom is 0.182 e. The first-order valence-electron chi connectivity index (χ1n) is 5.85. The van der Waals surface area contributed by atoms with Crippen LogP contribution in [-0.4, -0.2) is 32.0 Å². The van der Waals surface area contributed by atoms with Crippen LogP contribution in [0.5, 0.6) is 0 Å². The SMILES string of the molecule is CC(CN)(Nc1ncnc2nc[nH]c12)C1CC1. The molecule has 0 bridgehead atoms. The summed E-state index contributed by atoms with van der Waals surface area (Å²) in [6.07, 6.45) is 5.62. The Hall–Kier alpha value is -1.69. The van der Waals surface area contributed by atoms with Gasteiger partial charge in [-0.25, -0.2) is 15.0 Å². The van der Waals surface area contributed by atoms with Crippen molar-refractivity contribution in [2.24, 2.45) is 11.7 Å². The van der Waals surface area contributed by atoms with Crippen LogP contribution in [0.2, 0.25) is 0 Å². The van der Waals surface area contributed by atoms with E-state index in [0.717, 1.165) is 11.3 Å². The van der Waals surface area contributed by atoms with Crippen molar-refractivity contribution >= 4 is 17.0 Å². The smallest absolute Gasteiger partial charge is 0.182 e. The summed E-state index contributed by atoms with van der Waals surface area (Å²) >= 11 is 0. The van der Waals surface area contributed by atoms with Gasteiger partial charge in [-0.2, -0.15) is 0 Å². The maximum absolute atomic E-state index is 5.88. The Balaban J connectivity index is 1.96. The normalized spacial score (nSPS) is 19.2. The Morgan fingerprint density at radius 3 is 3.00 bits per heavy atom. The Labute approximate surface area is 99.1 Å². The number of aromatic amines is 1. The third-order valence-corrected chi connectivity index (χ3v) is 3.53. The largest absolute Gasteiger partial charge is 0.361 e. The van der Waals surface area contributed by atoms with E-state index in [1.807, 2.05) is 0 Å². The molecular weight excluding hydrogens is 216 g/mol. The minimum atomic E-state index is -0.0909. The number of imidazole rings is 1. The summed E-state index contributed by atoms with van der Waals surface area (Å²) in [4.78, 5) is 15.5. The van der Waals surface area contributed by atoms with Gasteiger partial charge in [0, 0.05) is 6.54 Å². The number of nitrogens with zero attached hydrogens (tertiary/aromatic N) is 3.